The maximum Gasteiger partial charge on any atom is 0.165 e. The number of methoxy groups -OCH3 is 1. The third-order valence-electron chi connectivity index (χ3n) is 1.62. The van der Waals surface area contributed by atoms with E-state index in [-0.39, 0.29) is 22.1 Å². The molecule has 0 fully saturated rings. The summed E-state index contributed by atoms with van der Waals surface area (Å²) in [4.78, 5) is 10.9. The molecular formula is C9H8ClFO2. The largest absolute Gasteiger partial charge is 0.494 e. The van der Waals surface area contributed by atoms with Crippen molar-refractivity contribution in [3.63, 3.8) is 0 Å². The van der Waals surface area contributed by atoms with Gasteiger partial charge in [-0.25, -0.2) is 4.39 Å². The van der Waals surface area contributed by atoms with E-state index in [0.29, 0.717) is 0 Å². The molecule has 0 heterocycles. The number of rotatable bonds is 2. The minimum Gasteiger partial charge on any atom is -0.494 e. The van der Waals surface area contributed by atoms with E-state index in [9.17, 15) is 9.18 Å². The molecule has 4 heteroatoms. The topological polar surface area (TPSA) is 26.3 Å². The molecule has 0 aromatic heterocycles. The maximum atomic E-state index is 13.1. The molecule has 0 amide bonds. The van der Waals surface area contributed by atoms with Gasteiger partial charge >= 0.3 is 0 Å². The van der Waals surface area contributed by atoms with Crippen LogP contribution < -0.4 is 4.74 Å². The number of ketones is 1. The Morgan fingerprint density at radius 2 is 2.15 bits per heavy atom. The molecule has 0 spiro atoms. The number of hydrogen-bond acceptors (Lipinski definition) is 2. The van der Waals surface area contributed by atoms with Crippen LogP contribution in [0.3, 0.4) is 0 Å². The second-order valence-electron chi connectivity index (χ2n) is 2.52. The van der Waals surface area contributed by atoms with Crippen molar-refractivity contribution in [3.05, 3.63) is 28.5 Å². The van der Waals surface area contributed by atoms with Crippen LogP contribution in [0.1, 0.15) is 17.3 Å². The summed E-state index contributed by atoms with van der Waals surface area (Å²) in [6.07, 6.45) is 0. The molecule has 0 saturated carbocycles. The number of hydrogen-bond donors (Lipinski definition) is 0. The molecule has 0 aliphatic rings. The van der Waals surface area contributed by atoms with Crippen LogP contribution in [-0.2, 0) is 0 Å². The van der Waals surface area contributed by atoms with Gasteiger partial charge in [0.15, 0.2) is 17.3 Å². The van der Waals surface area contributed by atoms with E-state index in [2.05, 4.69) is 4.74 Å². The third kappa shape index (κ3) is 1.98. The Balaban J connectivity index is 3.28. The van der Waals surface area contributed by atoms with Gasteiger partial charge in [-0.1, -0.05) is 11.6 Å². The van der Waals surface area contributed by atoms with Crippen LogP contribution in [0.25, 0.3) is 0 Å². The molecule has 0 unspecified atom stereocenters. The molecule has 0 atom stereocenters. The predicted molar refractivity (Wildman–Crippen MR) is 48.0 cm³/mol. The molecule has 13 heavy (non-hydrogen) atoms. The van der Waals surface area contributed by atoms with Crippen LogP contribution >= 0.6 is 11.6 Å². The lowest BCUT2D eigenvalue weighted by Gasteiger charge is -2.04. The summed E-state index contributed by atoms with van der Waals surface area (Å²) in [6.45, 7) is 1.33. The predicted octanol–water partition coefficient (Wildman–Crippen LogP) is 2.69. The summed E-state index contributed by atoms with van der Waals surface area (Å²) < 4.78 is 17.7. The van der Waals surface area contributed by atoms with Crippen molar-refractivity contribution < 1.29 is 13.9 Å². The van der Waals surface area contributed by atoms with E-state index in [1.807, 2.05) is 0 Å². The minimum atomic E-state index is -0.586. The number of halogens is 2. The fourth-order valence-corrected chi connectivity index (χ4v) is 1.24. The van der Waals surface area contributed by atoms with Gasteiger partial charge in [0.05, 0.1) is 12.1 Å². The number of benzene rings is 1. The van der Waals surface area contributed by atoms with Crippen molar-refractivity contribution in [1.29, 1.82) is 0 Å². The second kappa shape index (κ2) is 3.75. The van der Waals surface area contributed by atoms with Crippen LogP contribution in [-0.4, -0.2) is 12.9 Å². The van der Waals surface area contributed by atoms with Crippen LogP contribution in [0.4, 0.5) is 4.39 Å². The minimum absolute atomic E-state index is 0.0370. The number of ether oxygens (including phenoxy) is 1. The quantitative estimate of drug-likeness (QED) is 0.690. The van der Waals surface area contributed by atoms with Crippen LogP contribution in [0.5, 0.6) is 5.75 Å². The highest BCUT2D eigenvalue weighted by molar-refractivity contribution is 6.34. The van der Waals surface area contributed by atoms with Gasteiger partial charge in [0.1, 0.15) is 0 Å². The first-order valence-corrected chi connectivity index (χ1v) is 3.98. The fourth-order valence-electron chi connectivity index (χ4n) is 0.955. The fraction of sp³-hybridized carbons (Fsp3) is 0.222. The zero-order chi connectivity index (χ0) is 10.0. The lowest BCUT2D eigenvalue weighted by Crippen LogP contribution is -1.97. The van der Waals surface area contributed by atoms with E-state index in [4.69, 9.17) is 11.6 Å². The standard InChI is InChI=1S/C9H8ClFO2/c1-5(12)6-3-8(11)9(13-2)4-7(6)10/h3-4H,1-2H3. The Morgan fingerprint density at radius 1 is 1.54 bits per heavy atom. The molecule has 0 saturated heterocycles. The Bertz CT molecular complexity index is 350. The summed E-state index contributed by atoms with van der Waals surface area (Å²) in [7, 11) is 1.34. The van der Waals surface area contributed by atoms with E-state index in [1.165, 1.54) is 20.1 Å². The maximum absolute atomic E-state index is 13.1. The highest BCUT2D eigenvalue weighted by Gasteiger charge is 2.11. The molecule has 0 radical (unpaired) electrons. The highest BCUT2D eigenvalue weighted by Crippen LogP contribution is 2.26. The van der Waals surface area contributed by atoms with E-state index in [0.717, 1.165) is 6.07 Å². The number of carbonyl (C=O) groups is 1. The van der Waals surface area contributed by atoms with Crippen LogP contribution in [0, 0.1) is 5.82 Å². The average Bonchev–Trinajstić information content (AvgIpc) is 2.07. The van der Waals surface area contributed by atoms with Crippen LogP contribution in [0.2, 0.25) is 5.02 Å². The molecule has 1 aromatic carbocycles. The van der Waals surface area contributed by atoms with E-state index >= 15 is 0 Å². The van der Waals surface area contributed by atoms with Gasteiger partial charge in [0.2, 0.25) is 0 Å². The average molecular weight is 203 g/mol. The zero-order valence-corrected chi connectivity index (χ0v) is 7.98. The third-order valence-corrected chi connectivity index (χ3v) is 1.93. The number of carbonyl (C=O) groups excluding carboxylic acids is 1. The van der Waals surface area contributed by atoms with Gasteiger partial charge in [-0.2, -0.15) is 0 Å². The first kappa shape index (κ1) is 9.99. The summed E-state index contributed by atoms with van der Waals surface area (Å²) in [6, 6.07) is 2.36. The molecule has 0 aliphatic carbocycles. The second-order valence-corrected chi connectivity index (χ2v) is 2.93. The van der Waals surface area contributed by atoms with Crippen molar-refractivity contribution in [1.82, 2.24) is 0 Å². The normalized spacial score (nSPS) is 9.85. The molecule has 1 aromatic rings. The molecule has 2 nitrogen and oxygen atoms in total. The van der Waals surface area contributed by atoms with Crippen LogP contribution in [0.15, 0.2) is 12.1 Å². The first-order valence-electron chi connectivity index (χ1n) is 3.60. The van der Waals surface area contributed by atoms with Gasteiger partial charge in [-0.15, -0.1) is 0 Å². The molecule has 1 rings (SSSR count). The van der Waals surface area contributed by atoms with Crippen molar-refractivity contribution >= 4 is 17.4 Å². The summed E-state index contributed by atoms with van der Waals surface area (Å²) in [5, 5.41) is 0.200. The molecule has 70 valence electrons. The Hall–Kier alpha value is -1.09. The van der Waals surface area contributed by atoms with Crippen molar-refractivity contribution in [2.24, 2.45) is 0 Å². The first-order chi connectivity index (χ1) is 6.06. The zero-order valence-electron chi connectivity index (χ0n) is 7.23. The Morgan fingerprint density at radius 3 is 2.62 bits per heavy atom. The van der Waals surface area contributed by atoms with Gasteiger partial charge in [0, 0.05) is 11.6 Å². The van der Waals surface area contributed by atoms with E-state index < -0.39 is 5.82 Å². The van der Waals surface area contributed by atoms with Gasteiger partial charge in [-0.05, 0) is 13.0 Å². The van der Waals surface area contributed by atoms with Gasteiger partial charge in [0.25, 0.3) is 0 Å². The van der Waals surface area contributed by atoms with Gasteiger partial charge in [-0.3, -0.25) is 4.79 Å². The van der Waals surface area contributed by atoms with E-state index in [1.54, 1.807) is 0 Å². The number of Topliss-reactive ketones (excluding diaryl/α,β-unsaturated/α-hetero) is 1. The molecule has 0 bridgehead atoms. The lowest BCUT2D eigenvalue weighted by molar-refractivity contribution is 0.101. The van der Waals surface area contributed by atoms with Crippen molar-refractivity contribution in [2.75, 3.05) is 7.11 Å². The SMILES string of the molecule is COc1cc(Cl)c(C(C)=O)cc1F. The molecular weight excluding hydrogens is 195 g/mol. The van der Waals surface area contributed by atoms with Crippen molar-refractivity contribution in [3.8, 4) is 5.75 Å². The Kier molecular flexibility index (Phi) is 2.88. The molecule has 0 aliphatic heterocycles. The lowest BCUT2D eigenvalue weighted by atomic mass is 10.1. The smallest absolute Gasteiger partial charge is 0.165 e. The summed E-state index contributed by atoms with van der Waals surface area (Å²) in [5.41, 5.74) is 0.167. The molecule has 0 N–H and O–H groups in total. The monoisotopic (exact) mass is 202 g/mol. The highest BCUT2D eigenvalue weighted by atomic mass is 35.5. The van der Waals surface area contributed by atoms with Crippen molar-refractivity contribution in [2.45, 2.75) is 6.92 Å². The summed E-state index contributed by atoms with van der Waals surface area (Å²) >= 11 is 5.71. The summed E-state index contributed by atoms with van der Waals surface area (Å²) in [5.74, 6) is -0.821. The Labute approximate surface area is 80.3 Å². The van der Waals surface area contributed by atoms with Gasteiger partial charge < -0.3 is 4.74 Å².